The highest BCUT2D eigenvalue weighted by atomic mass is 35.5. The SMILES string of the molecule is O=C(CCl)NCC#Cc1cccnc1. The number of aromatic nitrogens is 1. The van der Waals surface area contributed by atoms with Gasteiger partial charge in [0.15, 0.2) is 0 Å². The van der Waals surface area contributed by atoms with E-state index in [0.717, 1.165) is 5.56 Å². The van der Waals surface area contributed by atoms with Crippen molar-refractivity contribution in [1.82, 2.24) is 10.3 Å². The quantitative estimate of drug-likeness (QED) is 0.577. The lowest BCUT2D eigenvalue weighted by molar-refractivity contribution is -0.118. The molecule has 3 nitrogen and oxygen atoms in total. The van der Waals surface area contributed by atoms with E-state index in [1.807, 2.05) is 6.07 Å². The van der Waals surface area contributed by atoms with Gasteiger partial charge in [-0.3, -0.25) is 9.78 Å². The molecule has 0 atom stereocenters. The van der Waals surface area contributed by atoms with Crippen LogP contribution in [0.1, 0.15) is 5.56 Å². The van der Waals surface area contributed by atoms with Crippen LogP contribution in [0.5, 0.6) is 0 Å². The zero-order chi connectivity index (χ0) is 10.2. The van der Waals surface area contributed by atoms with Gasteiger partial charge in [0.05, 0.1) is 6.54 Å². The Labute approximate surface area is 87.5 Å². The Balaban J connectivity index is 2.38. The van der Waals surface area contributed by atoms with Crippen LogP contribution >= 0.6 is 11.6 Å². The minimum atomic E-state index is -0.216. The van der Waals surface area contributed by atoms with Gasteiger partial charge in [0.1, 0.15) is 5.88 Å². The standard InChI is InChI=1S/C10H9ClN2O/c11-7-10(14)13-6-2-4-9-3-1-5-12-8-9/h1,3,5,8H,6-7H2,(H,13,14). The maximum absolute atomic E-state index is 10.7. The van der Waals surface area contributed by atoms with Crippen molar-refractivity contribution in [3.05, 3.63) is 30.1 Å². The Morgan fingerprint density at radius 3 is 3.14 bits per heavy atom. The summed E-state index contributed by atoms with van der Waals surface area (Å²) < 4.78 is 0. The molecule has 1 amide bonds. The molecule has 1 N–H and O–H groups in total. The van der Waals surface area contributed by atoms with Crippen LogP contribution in [0, 0.1) is 11.8 Å². The molecule has 0 fully saturated rings. The van der Waals surface area contributed by atoms with Crippen molar-refractivity contribution >= 4 is 17.5 Å². The van der Waals surface area contributed by atoms with E-state index in [1.165, 1.54) is 0 Å². The van der Waals surface area contributed by atoms with Crippen LogP contribution in [-0.2, 0) is 4.79 Å². The van der Waals surface area contributed by atoms with E-state index in [9.17, 15) is 4.79 Å². The van der Waals surface area contributed by atoms with Gasteiger partial charge in [-0.15, -0.1) is 11.6 Å². The van der Waals surface area contributed by atoms with Crippen LogP contribution in [0.25, 0.3) is 0 Å². The molecule has 0 saturated heterocycles. The van der Waals surface area contributed by atoms with Crippen molar-refractivity contribution in [3.8, 4) is 11.8 Å². The fourth-order valence-electron chi connectivity index (χ4n) is 0.773. The highest BCUT2D eigenvalue weighted by Gasteiger charge is 1.92. The maximum atomic E-state index is 10.7. The zero-order valence-corrected chi connectivity index (χ0v) is 8.21. The van der Waals surface area contributed by atoms with Gasteiger partial charge in [0, 0.05) is 18.0 Å². The summed E-state index contributed by atoms with van der Waals surface area (Å²) in [5.74, 6) is 5.39. The van der Waals surface area contributed by atoms with E-state index in [0.29, 0.717) is 6.54 Å². The van der Waals surface area contributed by atoms with Gasteiger partial charge in [0.25, 0.3) is 0 Å². The molecule has 0 aliphatic heterocycles. The normalized spacial score (nSPS) is 8.64. The van der Waals surface area contributed by atoms with Gasteiger partial charge in [-0.1, -0.05) is 11.8 Å². The molecule has 1 rings (SSSR count). The lowest BCUT2D eigenvalue weighted by Crippen LogP contribution is -2.24. The Morgan fingerprint density at radius 2 is 2.50 bits per heavy atom. The van der Waals surface area contributed by atoms with Gasteiger partial charge in [-0.2, -0.15) is 0 Å². The molecular formula is C10H9ClN2O. The number of alkyl halides is 1. The first-order chi connectivity index (χ1) is 6.83. The third-order valence-electron chi connectivity index (χ3n) is 1.39. The van der Waals surface area contributed by atoms with Crippen LogP contribution in [-0.4, -0.2) is 23.3 Å². The second-order valence-corrected chi connectivity index (χ2v) is 2.72. The number of rotatable bonds is 2. The predicted molar refractivity (Wildman–Crippen MR) is 54.8 cm³/mol. The first-order valence-electron chi connectivity index (χ1n) is 4.04. The number of pyridine rings is 1. The zero-order valence-electron chi connectivity index (χ0n) is 7.46. The summed E-state index contributed by atoms with van der Waals surface area (Å²) >= 11 is 5.28. The summed E-state index contributed by atoms with van der Waals surface area (Å²) in [6, 6.07) is 3.66. The van der Waals surface area contributed by atoms with Gasteiger partial charge in [0.2, 0.25) is 5.91 Å². The fourth-order valence-corrected chi connectivity index (χ4v) is 0.867. The number of hydrogen-bond donors (Lipinski definition) is 1. The van der Waals surface area contributed by atoms with Crippen molar-refractivity contribution in [2.24, 2.45) is 0 Å². The molecule has 0 unspecified atom stereocenters. The van der Waals surface area contributed by atoms with Crippen molar-refractivity contribution in [3.63, 3.8) is 0 Å². The first-order valence-corrected chi connectivity index (χ1v) is 4.58. The Kier molecular flexibility index (Phi) is 4.53. The summed E-state index contributed by atoms with van der Waals surface area (Å²) in [5, 5.41) is 2.54. The molecule has 0 radical (unpaired) electrons. The molecule has 0 bridgehead atoms. The molecule has 0 aliphatic carbocycles. The van der Waals surface area contributed by atoms with Gasteiger partial charge >= 0.3 is 0 Å². The monoisotopic (exact) mass is 208 g/mol. The van der Waals surface area contributed by atoms with E-state index < -0.39 is 0 Å². The largest absolute Gasteiger partial charge is 0.344 e. The summed E-state index contributed by atoms with van der Waals surface area (Å²) in [7, 11) is 0. The minimum absolute atomic E-state index is 0.0332. The first kappa shape index (κ1) is 10.6. The third-order valence-corrected chi connectivity index (χ3v) is 1.63. The molecule has 0 saturated carbocycles. The van der Waals surface area contributed by atoms with E-state index in [-0.39, 0.29) is 11.8 Å². The molecule has 0 spiro atoms. The molecule has 1 aromatic heterocycles. The van der Waals surface area contributed by atoms with Gasteiger partial charge in [-0.05, 0) is 12.1 Å². The average molecular weight is 209 g/mol. The van der Waals surface area contributed by atoms with Crippen molar-refractivity contribution in [2.45, 2.75) is 0 Å². The summed E-state index contributed by atoms with van der Waals surface area (Å²) in [6.45, 7) is 0.306. The number of carbonyl (C=O) groups excluding carboxylic acids is 1. The lowest BCUT2D eigenvalue weighted by atomic mass is 10.3. The maximum Gasteiger partial charge on any atom is 0.235 e. The van der Waals surface area contributed by atoms with Crippen LogP contribution in [0.4, 0.5) is 0 Å². The van der Waals surface area contributed by atoms with Gasteiger partial charge < -0.3 is 5.32 Å². The molecule has 1 heterocycles. The predicted octanol–water partition coefficient (Wildman–Crippen LogP) is 0.788. The topological polar surface area (TPSA) is 42.0 Å². The van der Waals surface area contributed by atoms with E-state index in [2.05, 4.69) is 22.1 Å². The molecule has 14 heavy (non-hydrogen) atoms. The van der Waals surface area contributed by atoms with Gasteiger partial charge in [-0.25, -0.2) is 0 Å². The number of carbonyl (C=O) groups is 1. The molecular weight excluding hydrogens is 200 g/mol. The molecule has 4 heteroatoms. The van der Waals surface area contributed by atoms with Crippen LogP contribution in [0.3, 0.4) is 0 Å². The lowest BCUT2D eigenvalue weighted by Gasteiger charge is -1.93. The van der Waals surface area contributed by atoms with E-state index >= 15 is 0 Å². The van der Waals surface area contributed by atoms with E-state index in [1.54, 1.807) is 18.5 Å². The number of hydrogen-bond acceptors (Lipinski definition) is 2. The molecule has 72 valence electrons. The van der Waals surface area contributed by atoms with Crippen LogP contribution in [0.15, 0.2) is 24.5 Å². The third kappa shape index (κ3) is 3.92. The Morgan fingerprint density at radius 1 is 1.64 bits per heavy atom. The second-order valence-electron chi connectivity index (χ2n) is 2.45. The highest BCUT2D eigenvalue weighted by Crippen LogP contribution is 1.90. The van der Waals surface area contributed by atoms with Crippen molar-refractivity contribution in [1.29, 1.82) is 0 Å². The number of nitrogens with one attached hydrogen (secondary N) is 1. The summed E-state index contributed by atoms with van der Waals surface area (Å²) in [4.78, 5) is 14.6. The van der Waals surface area contributed by atoms with Crippen molar-refractivity contribution in [2.75, 3.05) is 12.4 Å². The summed E-state index contributed by atoms with van der Waals surface area (Å²) in [6.07, 6.45) is 3.34. The fraction of sp³-hybridized carbons (Fsp3) is 0.200. The number of nitrogens with zero attached hydrogens (tertiary/aromatic N) is 1. The number of amides is 1. The smallest absolute Gasteiger partial charge is 0.235 e. The highest BCUT2D eigenvalue weighted by molar-refractivity contribution is 6.27. The Hall–Kier alpha value is -1.53. The molecule has 0 aromatic carbocycles. The molecule has 1 aromatic rings. The Bertz CT molecular complexity index is 353. The minimum Gasteiger partial charge on any atom is -0.344 e. The number of halogens is 1. The van der Waals surface area contributed by atoms with Crippen LogP contribution < -0.4 is 5.32 Å². The second kappa shape index (κ2) is 6.01. The summed E-state index contributed by atoms with van der Waals surface area (Å²) in [5.41, 5.74) is 0.827. The van der Waals surface area contributed by atoms with Crippen LogP contribution in [0.2, 0.25) is 0 Å². The molecule has 0 aliphatic rings. The van der Waals surface area contributed by atoms with Crippen molar-refractivity contribution < 1.29 is 4.79 Å². The van der Waals surface area contributed by atoms with E-state index in [4.69, 9.17) is 11.6 Å². The average Bonchev–Trinajstić information content (AvgIpc) is 2.25.